The van der Waals surface area contributed by atoms with Gasteiger partial charge in [-0.15, -0.1) is 0 Å². The van der Waals surface area contributed by atoms with Crippen LogP contribution in [0.2, 0.25) is 5.02 Å². The van der Waals surface area contributed by atoms with Crippen LogP contribution in [0.1, 0.15) is 55.1 Å². The Morgan fingerprint density at radius 2 is 1.94 bits per heavy atom. The number of carboxylic acid groups (broad SMARTS) is 1. The van der Waals surface area contributed by atoms with E-state index < -0.39 is 5.97 Å². The number of hydrogen-bond donors (Lipinski definition) is 1. The van der Waals surface area contributed by atoms with Crippen molar-refractivity contribution >= 4 is 17.6 Å². The van der Waals surface area contributed by atoms with Gasteiger partial charge in [0.1, 0.15) is 5.69 Å². The first-order valence-electron chi connectivity index (χ1n) is 5.79. The monoisotopic (exact) mass is 241 g/mol. The molecule has 16 heavy (non-hydrogen) atoms. The molecule has 0 aromatic carbocycles. The molecule has 1 heterocycles. The van der Waals surface area contributed by atoms with Crippen molar-refractivity contribution in [3.8, 4) is 0 Å². The lowest BCUT2D eigenvalue weighted by atomic mass is 10.1. The summed E-state index contributed by atoms with van der Waals surface area (Å²) >= 11 is 5.89. The van der Waals surface area contributed by atoms with E-state index in [9.17, 15) is 4.79 Å². The summed E-state index contributed by atoms with van der Waals surface area (Å²) in [6.45, 7) is 0. The minimum absolute atomic E-state index is 0.307. The van der Waals surface area contributed by atoms with Crippen molar-refractivity contribution in [3.63, 3.8) is 0 Å². The standard InChI is InChI=1S/C12H16ClNO2/c13-9-7-11(12(15)16)14(8-9)10-5-3-1-2-4-6-10/h7-8,10H,1-6H2,(H,15,16). The van der Waals surface area contributed by atoms with Crippen LogP contribution in [0.3, 0.4) is 0 Å². The van der Waals surface area contributed by atoms with Crippen molar-refractivity contribution in [2.45, 2.75) is 44.6 Å². The Kier molecular flexibility index (Phi) is 3.54. The van der Waals surface area contributed by atoms with Crippen LogP contribution in [-0.2, 0) is 0 Å². The van der Waals surface area contributed by atoms with Crippen molar-refractivity contribution < 1.29 is 9.90 Å². The molecule has 88 valence electrons. The summed E-state index contributed by atoms with van der Waals surface area (Å²) in [5.74, 6) is -0.892. The summed E-state index contributed by atoms with van der Waals surface area (Å²) in [6, 6.07) is 1.84. The topological polar surface area (TPSA) is 42.2 Å². The van der Waals surface area contributed by atoms with E-state index in [1.54, 1.807) is 6.20 Å². The summed E-state index contributed by atoms with van der Waals surface area (Å²) in [6.07, 6.45) is 8.75. The molecule has 1 aliphatic rings. The molecular formula is C12H16ClNO2. The van der Waals surface area contributed by atoms with Gasteiger partial charge in [0.15, 0.2) is 0 Å². The van der Waals surface area contributed by atoms with Gasteiger partial charge in [0.25, 0.3) is 0 Å². The highest BCUT2D eigenvalue weighted by atomic mass is 35.5. The average molecular weight is 242 g/mol. The fraction of sp³-hybridized carbons (Fsp3) is 0.583. The molecule has 1 aliphatic carbocycles. The highest BCUT2D eigenvalue weighted by molar-refractivity contribution is 6.30. The average Bonchev–Trinajstić information content (AvgIpc) is 2.49. The molecule has 0 bridgehead atoms. The lowest BCUT2D eigenvalue weighted by molar-refractivity contribution is 0.0682. The van der Waals surface area contributed by atoms with E-state index in [4.69, 9.17) is 16.7 Å². The van der Waals surface area contributed by atoms with Crippen LogP contribution in [0.4, 0.5) is 0 Å². The zero-order valence-electron chi connectivity index (χ0n) is 9.16. The third-order valence-electron chi connectivity index (χ3n) is 3.25. The Bertz CT molecular complexity index is 378. The number of aromatic nitrogens is 1. The second-order valence-corrected chi connectivity index (χ2v) is 4.84. The highest BCUT2D eigenvalue weighted by Gasteiger charge is 2.20. The first-order valence-corrected chi connectivity index (χ1v) is 6.17. The predicted molar refractivity (Wildman–Crippen MR) is 63.1 cm³/mol. The Morgan fingerprint density at radius 3 is 2.50 bits per heavy atom. The number of carboxylic acids is 1. The molecule has 0 saturated heterocycles. The van der Waals surface area contributed by atoms with Crippen LogP contribution in [-0.4, -0.2) is 15.6 Å². The molecule has 1 aromatic heterocycles. The van der Waals surface area contributed by atoms with Gasteiger partial charge in [-0.25, -0.2) is 4.79 Å². The van der Waals surface area contributed by atoms with Gasteiger partial charge in [0, 0.05) is 12.2 Å². The molecule has 3 nitrogen and oxygen atoms in total. The van der Waals surface area contributed by atoms with Gasteiger partial charge in [-0.05, 0) is 18.9 Å². The maximum absolute atomic E-state index is 11.1. The SMILES string of the molecule is O=C(O)c1cc(Cl)cn1C1CCCCCC1. The number of halogens is 1. The smallest absolute Gasteiger partial charge is 0.352 e. The molecule has 0 aliphatic heterocycles. The van der Waals surface area contributed by atoms with E-state index in [1.165, 1.54) is 31.7 Å². The lowest BCUT2D eigenvalue weighted by Crippen LogP contribution is -2.13. The van der Waals surface area contributed by atoms with Gasteiger partial charge in [-0.2, -0.15) is 0 Å². The fourth-order valence-electron chi connectivity index (χ4n) is 2.46. The number of rotatable bonds is 2. The van der Waals surface area contributed by atoms with Crippen LogP contribution in [0.15, 0.2) is 12.3 Å². The normalized spacial score (nSPS) is 18.3. The quantitative estimate of drug-likeness (QED) is 0.802. The van der Waals surface area contributed by atoms with E-state index in [-0.39, 0.29) is 0 Å². The Labute approximate surface area is 100 Å². The molecule has 1 saturated carbocycles. The van der Waals surface area contributed by atoms with Crippen LogP contribution in [0.25, 0.3) is 0 Å². The molecular weight excluding hydrogens is 226 g/mol. The van der Waals surface area contributed by atoms with Gasteiger partial charge in [0.2, 0.25) is 0 Å². The van der Waals surface area contributed by atoms with Crippen molar-refractivity contribution in [1.29, 1.82) is 0 Å². The third kappa shape index (κ3) is 2.40. The zero-order valence-corrected chi connectivity index (χ0v) is 9.91. The first-order chi connectivity index (χ1) is 7.68. The zero-order chi connectivity index (χ0) is 11.5. The number of hydrogen-bond acceptors (Lipinski definition) is 1. The maximum Gasteiger partial charge on any atom is 0.352 e. The van der Waals surface area contributed by atoms with E-state index in [0.717, 1.165) is 12.8 Å². The summed E-state index contributed by atoms with van der Waals surface area (Å²) in [7, 11) is 0. The lowest BCUT2D eigenvalue weighted by Gasteiger charge is -2.18. The number of aromatic carboxylic acids is 1. The third-order valence-corrected chi connectivity index (χ3v) is 3.46. The largest absolute Gasteiger partial charge is 0.477 e. The maximum atomic E-state index is 11.1. The van der Waals surface area contributed by atoms with Crippen molar-refractivity contribution in [1.82, 2.24) is 4.57 Å². The van der Waals surface area contributed by atoms with Gasteiger partial charge in [-0.1, -0.05) is 37.3 Å². The summed E-state index contributed by atoms with van der Waals surface area (Å²) in [5.41, 5.74) is 0.317. The van der Waals surface area contributed by atoms with Gasteiger partial charge < -0.3 is 9.67 Å². The molecule has 0 radical (unpaired) electrons. The molecule has 1 N–H and O–H groups in total. The molecule has 0 unspecified atom stereocenters. The van der Waals surface area contributed by atoms with Crippen LogP contribution in [0.5, 0.6) is 0 Å². The van der Waals surface area contributed by atoms with E-state index in [0.29, 0.717) is 16.8 Å². The Balaban J connectivity index is 2.26. The summed E-state index contributed by atoms with van der Waals surface area (Å²) < 4.78 is 1.84. The second-order valence-electron chi connectivity index (χ2n) is 4.40. The van der Waals surface area contributed by atoms with E-state index >= 15 is 0 Å². The molecule has 1 fully saturated rings. The molecule has 2 rings (SSSR count). The second kappa shape index (κ2) is 4.91. The summed E-state index contributed by atoms with van der Waals surface area (Å²) in [5, 5.41) is 9.62. The van der Waals surface area contributed by atoms with Gasteiger partial charge >= 0.3 is 5.97 Å². The van der Waals surface area contributed by atoms with Gasteiger partial charge in [0.05, 0.1) is 5.02 Å². The van der Waals surface area contributed by atoms with Crippen molar-refractivity contribution in [2.24, 2.45) is 0 Å². The minimum atomic E-state index is -0.892. The minimum Gasteiger partial charge on any atom is -0.477 e. The Morgan fingerprint density at radius 1 is 1.31 bits per heavy atom. The molecule has 4 heteroatoms. The van der Waals surface area contributed by atoms with Crippen LogP contribution < -0.4 is 0 Å². The molecule has 1 aromatic rings. The predicted octanol–water partition coefficient (Wildman–Crippen LogP) is 3.74. The number of carbonyl (C=O) groups is 1. The fourth-order valence-corrected chi connectivity index (χ4v) is 2.66. The van der Waals surface area contributed by atoms with Crippen LogP contribution >= 0.6 is 11.6 Å². The van der Waals surface area contributed by atoms with Gasteiger partial charge in [-0.3, -0.25) is 0 Å². The summed E-state index contributed by atoms with van der Waals surface area (Å²) in [4.78, 5) is 11.1. The Hall–Kier alpha value is -0.960. The van der Waals surface area contributed by atoms with Crippen LogP contribution in [0, 0.1) is 0 Å². The van der Waals surface area contributed by atoms with Crippen molar-refractivity contribution in [2.75, 3.05) is 0 Å². The van der Waals surface area contributed by atoms with E-state index in [1.807, 2.05) is 4.57 Å². The molecule has 0 spiro atoms. The molecule has 0 amide bonds. The van der Waals surface area contributed by atoms with Crippen molar-refractivity contribution in [3.05, 3.63) is 23.0 Å². The number of nitrogens with zero attached hydrogens (tertiary/aromatic N) is 1. The molecule has 0 atom stereocenters. The van der Waals surface area contributed by atoms with E-state index in [2.05, 4.69) is 0 Å². The first kappa shape index (κ1) is 11.5. The highest BCUT2D eigenvalue weighted by Crippen LogP contribution is 2.30.